The monoisotopic (exact) mass is 556 g/mol. The molecular weight excluding hydrogens is 516 g/mol. The van der Waals surface area contributed by atoms with Crippen LogP contribution in [0.25, 0.3) is 0 Å². The van der Waals surface area contributed by atoms with Crippen LogP contribution in [0, 0.1) is 11.8 Å². The van der Waals surface area contributed by atoms with Crippen LogP contribution in [0.2, 0.25) is 0 Å². The zero-order chi connectivity index (χ0) is 27.4. The number of aliphatic carboxylic acids is 1. The summed E-state index contributed by atoms with van der Waals surface area (Å²) in [5.74, 6) is -0.621. The molecule has 4 amide bonds. The van der Waals surface area contributed by atoms with Crippen LogP contribution in [0.3, 0.4) is 0 Å². The van der Waals surface area contributed by atoms with Gasteiger partial charge in [0.1, 0.15) is 18.3 Å². The molecule has 3 saturated heterocycles. The molecule has 3 aliphatic heterocycles. The van der Waals surface area contributed by atoms with E-state index in [-0.39, 0.29) is 53.6 Å². The number of fused-ring (bicyclic) bond motifs is 1. The van der Waals surface area contributed by atoms with E-state index in [1.807, 2.05) is 0 Å². The molecule has 8 atom stereocenters. The number of carboxylic acid groups (broad SMARTS) is 1. The van der Waals surface area contributed by atoms with E-state index in [1.54, 1.807) is 11.8 Å². The summed E-state index contributed by atoms with van der Waals surface area (Å²) in [7, 11) is 0. The van der Waals surface area contributed by atoms with E-state index in [1.165, 1.54) is 6.92 Å². The van der Waals surface area contributed by atoms with Gasteiger partial charge in [0, 0.05) is 30.9 Å². The van der Waals surface area contributed by atoms with Crippen molar-refractivity contribution in [3.8, 4) is 0 Å². The summed E-state index contributed by atoms with van der Waals surface area (Å²) in [4.78, 5) is 47.1. The lowest BCUT2D eigenvalue weighted by molar-refractivity contribution is -0.189. The van der Waals surface area contributed by atoms with Gasteiger partial charge < -0.3 is 41.3 Å². The SMILES string of the molecule is CC(=O)NC1[C@H](CC2CCC(C(=O)O)CC2)OC(CNC(=O)CCC[C@@H]2SC[C@@H]3NC(=O)N[C@@H]32)[C@@H](O)[C@@H]1O. The van der Waals surface area contributed by atoms with E-state index in [4.69, 9.17) is 4.74 Å². The maximum Gasteiger partial charge on any atom is 0.315 e. The fraction of sp³-hybridized carbons (Fsp3) is 0.840. The first-order chi connectivity index (χ1) is 18.1. The zero-order valence-corrected chi connectivity index (χ0v) is 22.5. The minimum Gasteiger partial charge on any atom is -0.481 e. The molecule has 4 fully saturated rings. The van der Waals surface area contributed by atoms with E-state index in [0.29, 0.717) is 44.9 Å². The summed E-state index contributed by atoms with van der Waals surface area (Å²) in [5, 5.41) is 42.4. The third-order valence-electron chi connectivity index (χ3n) is 8.31. The highest BCUT2D eigenvalue weighted by Gasteiger charge is 2.46. The number of rotatable bonds is 10. The van der Waals surface area contributed by atoms with Crippen LogP contribution in [0.5, 0.6) is 0 Å². The lowest BCUT2D eigenvalue weighted by Crippen LogP contribution is -2.65. The molecule has 13 heteroatoms. The Labute approximate surface area is 226 Å². The standard InChI is InChI=1S/C25H40N4O8S/c1-12(30)27-21-16(9-13-5-7-14(8-6-13)24(34)35)37-17(22(32)23(21)33)10-26-19(31)4-2-3-18-20-15(11-38-18)28-25(36)29-20/h13-18,20-23,32-33H,2-11H2,1H3,(H,26,31)(H,27,30)(H,34,35)(H2,28,29,36)/t13?,14?,15-,16-,17?,18-,20-,21?,22+,23+/m0/s1. The van der Waals surface area contributed by atoms with Crippen molar-refractivity contribution in [2.75, 3.05) is 12.3 Å². The smallest absolute Gasteiger partial charge is 0.315 e. The highest BCUT2D eigenvalue weighted by Crippen LogP contribution is 2.35. The number of thioether (sulfide) groups is 1. The number of aliphatic hydroxyl groups excluding tert-OH is 2. The predicted molar refractivity (Wildman–Crippen MR) is 138 cm³/mol. The highest BCUT2D eigenvalue weighted by atomic mass is 32.2. The molecule has 0 aromatic carbocycles. The van der Waals surface area contributed by atoms with Gasteiger partial charge in [0.2, 0.25) is 11.8 Å². The van der Waals surface area contributed by atoms with Crippen LogP contribution in [0.1, 0.15) is 58.3 Å². The second-order valence-corrected chi connectivity index (χ2v) is 12.3. The topological polar surface area (TPSA) is 186 Å². The van der Waals surface area contributed by atoms with Gasteiger partial charge in [-0.2, -0.15) is 11.8 Å². The first-order valence-electron chi connectivity index (χ1n) is 13.6. The number of hydrogen-bond acceptors (Lipinski definition) is 8. The molecule has 2 unspecified atom stereocenters. The van der Waals surface area contributed by atoms with Crippen molar-refractivity contribution in [1.29, 1.82) is 0 Å². The molecule has 0 aromatic rings. The molecule has 214 valence electrons. The Bertz CT molecular complexity index is 885. The number of carbonyl (C=O) groups is 4. The lowest BCUT2D eigenvalue weighted by Gasteiger charge is -2.44. The third-order valence-corrected chi connectivity index (χ3v) is 9.82. The molecule has 3 heterocycles. The quantitative estimate of drug-likeness (QED) is 0.178. The zero-order valence-electron chi connectivity index (χ0n) is 21.6. The number of aliphatic hydroxyl groups is 2. The van der Waals surface area contributed by atoms with Gasteiger partial charge >= 0.3 is 12.0 Å². The van der Waals surface area contributed by atoms with E-state index < -0.39 is 36.4 Å². The largest absolute Gasteiger partial charge is 0.481 e. The number of amides is 4. The second kappa shape index (κ2) is 12.8. The van der Waals surface area contributed by atoms with Crippen molar-refractivity contribution in [2.45, 2.75) is 106 Å². The van der Waals surface area contributed by atoms with Gasteiger partial charge in [0.15, 0.2) is 0 Å². The number of carbonyl (C=O) groups excluding carboxylic acids is 3. The summed E-state index contributed by atoms with van der Waals surface area (Å²) in [6.07, 6.45) is 0.863. The number of carboxylic acids is 1. The molecule has 0 spiro atoms. The van der Waals surface area contributed by atoms with E-state index >= 15 is 0 Å². The summed E-state index contributed by atoms with van der Waals surface area (Å²) in [6, 6.07) is -0.701. The molecule has 4 aliphatic rings. The Morgan fingerprint density at radius 2 is 1.82 bits per heavy atom. The minimum atomic E-state index is -1.29. The Morgan fingerprint density at radius 1 is 1.08 bits per heavy atom. The average Bonchev–Trinajstić information content (AvgIpc) is 3.42. The van der Waals surface area contributed by atoms with E-state index in [2.05, 4.69) is 21.3 Å². The summed E-state index contributed by atoms with van der Waals surface area (Å²) in [6.45, 7) is 1.36. The van der Waals surface area contributed by atoms with Crippen LogP contribution < -0.4 is 21.3 Å². The van der Waals surface area contributed by atoms with Crippen LogP contribution in [-0.4, -0.2) is 99.2 Å². The second-order valence-electron chi connectivity index (χ2n) is 11.0. The van der Waals surface area contributed by atoms with Crippen molar-refractivity contribution in [1.82, 2.24) is 21.3 Å². The maximum absolute atomic E-state index is 12.5. The van der Waals surface area contributed by atoms with Crippen LogP contribution in [0.4, 0.5) is 4.79 Å². The van der Waals surface area contributed by atoms with E-state index in [9.17, 15) is 34.5 Å². The number of urea groups is 1. The van der Waals surface area contributed by atoms with Crippen molar-refractivity contribution >= 4 is 35.6 Å². The molecule has 38 heavy (non-hydrogen) atoms. The van der Waals surface area contributed by atoms with E-state index in [0.717, 1.165) is 12.2 Å². The number of ether oxygens (including phenoxy) is 1. The molecule has 7 N–H and O–H groups in total. The maximum atomic E-state index is 12.5. The fourth-order valence-electron chi connectivity index (χ4n) is 6.21. The molecule has 4 rings (SSSR count). The van der Waals surface area contributed by atoms with Crippen molar-refractivity contribution in [3.63, 3.8) is 0 Å². The predicted octanol–water partition coefficient (Wildman–Crippen LogP) is -0.287. The lowest BCUT2D eigenvalue weighted by atomic mass is 9.77. The Hall–Kier alpha value is -2.09. The molecular formula is C25H40N4O8S. The molecule has 0 radical (unpaired) electrons. The summed E-state index contributed by atoms with van der Waals surface area (Å²) < 4.78 is 6.15. The van der Waals surface area contributed by atoms with Crippen molar-refractivity contribution in [2.24, 2.45) is 11.8 Å². The van der Waals surface area contributed by atoms with Gasteiger partial charge in [-0.3, -0.25) is 14.4 Å². The third kappa shape index (κ3) is 7.10. The minimum absolute atomic E-state index is 0.0228. The molecule has 1 saturated carbocycles. The van der Waals surface area contributed by atoms with Gasteiger partial charge in [0.05, 0.1) is 30.1 Å². The molecule has 12 nitrogen and oxygen atoms in total. The first-order valence-corrected chi connectivity index (χ1v) is 14.6. The summed E-state index contributed by atoms with van der Waals surface area (Å²) in [5.41, 5.74) is 0. The average molecular weight is 557 g/mol. The first kappa shape index (κ1) is 28.9. The molecule has 1 aliphatic carbocycles. The Morgan fingerprint density at radius 3 is 2.50 bits per heavy atom. The van der Waals surface area contributed by atoms with Crippen LogP contribution in [-0.2, 0) is 19.1 Å². The van der Waals surface area contributed by atoms with Gasteiger partial charge in [-0.1, -0.05) is 0 Å². The van der Waals surface area contributed by atoms with Crippen molar-refractivity contribution < 1.29 is 39.2 Å². The fourth-order valence-corrected chi connectivity index (χ4v) is 7.75. The summed E-state index contributed by atoms with van der Waals surface area (Å²) >= 11 is 1.80. The highest BCUT2D eigenvalue weighted by molar-refractivity contribution is 8.00. The van der Waals surface area contributed by atoms with Crippen LogP contribution >= 0.6 is 11.8 Å². The number of nitrogens with one attached hydrogen (secondary N) is 4. The Balaban J connectivity index is 1.25. The molecule has 0 bridgehead atoms. The Kier molecular flexibility index (Phi) is 9.77. The molecule has 0 aromatic heterocycles. The van der Waals surface area contributed by atoms with Crippen molar-refractivity contribution in [3.05, 3.63) is 0 Å². The van der Waals surface area contributed by atoms with Gasteiger partial charge in [-0.25, -0.2) is 4.79 Å². The van der Waals surface area contributed by atoms with Gasteiger partial charge in [0.25, 0.3) is 0 Å². The van der Waals surface area contributed by atoms with Crippen LogP contribution in [0.15, 0.2) is 0 Å². The van der Waals surface area contributed by atoms with Gasteiger partial charge in [-0.15, -0.1) is 0 Å². The number of hydrogen-bond donors (Lipinski definition) is 7. The van der Waals surface area contributed by atoms with Gasteiger partial charge in [-0.05, 0) is 50.9 Å². The normalized spacial score (nSPS) is 38.6.